The molecule has 1 aromatic carbocycles. The summed E-state index contributed by atoms with van der Waals surface area (Å²) in [6.07, 6.45) is 0.898. The van der Waals surface area contributed by atoms with Crippen molar-refractivity contribution in [2.24, 2.45) is 0 Å². The van der Waals surface area contributed by atoms with Gasteiger partial charge < -0.3 is 15.1 Å². The number of nitrogens with one attached hydrogen (secondary N) is 2. The summed E-state index contributed by atoms with van der Waals surface area (Å²) in [6.45, 7) is 4.04. The average molecular weight is 311 g/mol. The molecule has 0 saturated heterocycles. The summed E-state index contributed by atoms with van der Waals surface area (Å²) in [4.78, 5) is 17.3. The van der Waals surface area contributed by atoms with Crippen LogP contribution in [0.4, 0.5) is 5.69 Å². The minimum atomic E-state index is -0.00560. The van der Waals surface area contributed by atoms with E-state index in [0.717, 1.165) is 43.0 Å². The number of carbonyl (C=O) groups is 1. The molecule has 2 aliphatic heterocycles. The summed E-state index contributed by atoms with van der Waals surface area (Å²) in [5.74, 6) is -0.00560. The van der Waals surface area contributed by atoms with Crippen molar-refractivity contribution >= 4 is 11.6 Å². The van der Waals surface area contributed by atoms with E-state index in [1.807, 2.05) is 23.1 Å². The van der Waals surface area contributed by atoms with Crippen LogP contribution in [0.5, 0.6) is 0 Å². The van der Waals surface area contributed by atoms with E-state index >= 15 is 0 Å². The minimum Gasteiger partial charge on any atom is -0.312 e. The average Bonchev–Trinajstić information content (AvgIpc) is 2.92. The summed E-state index contributed by atoms with van der Waals surface area (Å²) in [7, 11) is 2.09. The quantitative estimate of drug-likeness (QED) is 0.829. The molecule has 2 N–H and O–H groups in total. The molecule has 0 spiro atoms. The Bertz CT molecular complexity index is 738. The number of rotatable bonds is 1. The molecule has 23 heavy (non-hydrogen) atoms. The van der Waals surface area contributed by atoms with Gasteiger partial charge in [-0.05, 0) is 18.7 Å². The largest absolute Gasteiger partial charge is 0.312 e. The van der Waals surface area contributed by atoms with Crippen LogP contribution in [0.25, 0.3) is 0 Å². The lowest BCUT2D eigenvalue weighted by Gasteiger charge is -2.23. The molecule has 0 radical (unpaired) electrons. The number of anilines is 1. The van der Waals surface area contributed by atoms with Crippen molar-refractivity contribution in [3.63, 3.8) is 0 Å². The van der Waals surface area contributed by atoms with Crippen molar-refractivity contribution < 1.29 is 4.79 Å². The number of hydrogen-bond acceptors (Lipinski definition) is 4. The van der Waals surface area contributed by atoms with Gasteiger partial charge in [-0.15, -0.1) is 0 Å². The van der Waals surface area contributed by atoms with Crippen LogP contribution in [0, 0.1) is 0 Å². The molecule has 0 unspecified atom stereocenters. The number of carbonyl (C=O) groups excluding carboxylic acids is 1. The second-order valence-corrected chi connectivity index (χ2v) is 6.28. The molecule has 2 aliphatic rings. The zero-order valence-electron chi connectivity index (χ0n) is 13.3. The van der Waals surface area contributed by atoms with E-state index in [9.17, 15) is 4.79 Å². The zero-order chi connectivity index (χ0) is 15.8. The molecule has 3 heterocycles. The molecule has 1 aromatic heterocycles. The molecular weight excluding hydrogens is 290 g/mol. The highest BCUT2D eigenvalue weighted by atomic mass is 16.2. The van der Waals surface area contributed by atoms with E-state index in [0.29, 0.717) is 18.8 Å². The fourth-order valence-corrected chi connectivity index (χ4v) is 3.41. The molecule has 120 valence electrons. The van der Waals surface area contributed by atoms with Crippen molar-refractivity contribution in [3.8, 4) is 0 Å². The molecule has 2 aromatic rings. The van der Waals surface area contributed by atoms with Gasteiger partial charge in [0.25, 0.3) is 5.91 Å². The van der Waals surface area contributed by atoms with Gasteiger partial charge in [-0.3, -0.25) is 9.89 Å². The first-order chi connectivity index (χ1) is 11.2. The van der Waals surface area contributed by atoms with E-state index in [1.54, 1.807) is 0 Å². The molecule has 4 rings (SSSR count). The highest BCUT2D eigenvalue weighted by Crippen LogP contribution is 2.27. The third kappa shape index (κ3) is 2.54. The predicted molar refractivity (Wildman–Crippen MR) is 88.5 cm³/mol. The molecule has 0 atom stereocenters. The van der Waals surface area contributed by atoms with Gasteiger partial charge in [-0.25, -0.2) is 0 Å². The molecule has 6 heteroatoms. The van der Waals surface area contributed by atoms with Gasteiger partial charge in [0.2, 0.25) is 0 Å². The standard InChI is InChI=1S/C17H21N5O/c1-21-8-9-22(15-5-3-2-4-12(15)11-21)17(23)16-13-10-18-7-6-14(13)19-20-16/h2-5,18H,6-11H2,1H3,(H,19,20). The number of aromatic amines is 1. The zero-order valence-corrected chi connectivity index (χ0v) is 13.3. The van der Waals surface area contributed by atoms with Gasteiger partial charge in [0.1, 0.15) is 0 Å². The lowest BCUT2D eigenvalue weighted by atomic mass is 10.1. The lowest BCUT2D eigenvalue weighted by Crippen LogP contribution is -2.36. The van der Waals surface area contributed by atoms with Crippen LogP contribution in [0.3, 0.4) is 0 Å². The maximum atomic E-state index is 13.2. The van der Waals surface area contributed by atoms with Crippen LogP contribution < -0.4 is 10.2 Å². The Morgan fingerprint density at radius 1 is 1.26 bits per heavy atom. The highest BCUT2D eigenvalue weighted by molar-refractivity contribution is 6.06. The third-order valence-electron chi connectivity index (χ3n) is 4.68. The number of amides is 1. The Balaban J connectivity index is 1.72. The van der Waals surface area contributed by atoms with Crippen molar-refractivity contribution in [2.45, 2.75) is 19.5 Å². The molecule has 0 aliphatic carbocycles. The van der Waals surface area contributed by atoms with Crippen LogP contribution in [-0.4, -0.2) is 47.7 Å². The van der Waals surface area contributed by atoms with E-state index in [-0.39, 0.29) is 5.91 Å². The first kappa shape index (κ1) is 14.4. The van der Waals surface area contributed by atoms with E-state index < -0.39 is 0 Å². The van der Waals surface area contributed by atoms with Gasteiger partial charge in [-0.2, -0.15) is 5.10 Å². The fraction of sp³-hybridized carbons (Fsp3) is 0.412. The first-order valence-electron chi connectivity index (χ1n) is 8.09. The number of benzene rings is 1. The number of aromatic nitrogens is 2. The normalized spacial score (nSPS) is 18.2. The SMILES string of the molecule is CN1CCN(C(=O)c2n[nH]c3c2CNCC3)c2ccccc2C1. The Hall–Kier alpha value is -2.18. The smallest absolute Gasteiger partial charge is 0.279 e. The maximum absolute atomic E-state index is 13.2. The molecule has 6 nitrogen and oxygen atoms in total. The Morgan fingerprint density at radius 2 is 2.13 bits per heavy atom. The lowest BCUT2D eigenvalue weighted by molar-refractivity contribution is 0.0980. The monoisotopic (exact) mass is 311 g/mol. The molecule has 1 amide bonds. The van der Waals surface area contributed by atoms with E-state index in [2.05, 4.69) is 33.5 Å². The van der Waals surface area contributed by atoms with Crippen LogP contribution in [0.15, 0.2) is 24.3 Å². The van der Waals surface area contributed by atoms with Crippen molar-refractivity contribution in [1.82, 2.24) is 20.4 Å². The second-order valence-electron chi connectivity index (χ2n) is 6.28. The Labute approximate surface area is 135 Å². The fourth-order valence-electron chi connectivity index (χ4n) is 3.41. The number of H-pyrrole nitrogens is 1. The van der Waals surface area contributed by atoms with Crippen LogP contribution in [0.2, 0.25) is 0 Å². The van der Waals surface area contributed by atoms with Crippen molar-refractivity contribution in [3.05, 3.63) is 46.8 Å². The van der Waals surface area contributed by atoms with Gasteiger partial charge >= 0.3 is 0 Å². The van der Waals surface area contributed by atoms with E-state index in [1.165, 1.54) is 5.56 Å². The summed E-state index contributed by atoms with van der Waals surface area (Å²) in [5, 5.41) is 10.7. The number of fused-ring (bicyclic) bond motifs is 2. The van der Waals surface area contributed by atoms with Gasteiger partial charge in [0.05, 0.1) is 0 Å². The number of likely N-dealkylation sites (N-methyl/N-ethyl adjacent to an activating group) is 1. The summed E-state index contributed by atoms with van der Waals surface area (Å²) >= 11 is 0. The van der Waals surface area contributed by atoms with Gasteiger partial charge in [0, 0.05) is 56.1 Å². The van der Waals surface area contributed by atoms with Crippen LogP contribution in [-0.2, 0) is 19.5 Å². The summed E-state index contributed by atoms with van der Waals surface area (Å²) < 4.78 is 0. The number of hydrogen-bond donors (Lipinski definition) is 2. The second kappa shape index (κ2) is 5.79. The number of nitrogens with zero attached hydrogens (tertiary/aromatic N) is 3. The van der Waals surface area contributed by atoms with Gasteiger partial charge in [-0.1, -0.05) is 18.2 Å². The molecule has 0 saturated carbocycles. The van der Waals surface area contributed by atoms with Gasteiger partial charge in [0.15, 0.2) is 5.69 Å². The Kier molecular flexibility index (Phi) is 3.63. The topological polar surface area (TPSA) is 64.3 Å². The van der Waals surface area contributed by atoms with Crippen molar-refractivity contribution in [1.29, 1.82) is 0 Å². The first-order valence-corrected chi connectivity index (χ1v) is 8.09. The summed E-state index contributed by atoms with van der Waals surface area (Å²) in [5.41, 5.74) is 4.86. The third-order valence-corrected chi connectivity index (χ3v) is 4.68. The Morgan fingerprint density at radius 3 is 3.04 bits per heavy atom. The van der Waals surface area contributed by atoms with E-state index in [4.69, 9.17) is 0 Å². The van der Waals surface area contributed by atoms with Crippen molar-refractivity contribution in [2.75, 3.05) is 31.6 Å². The minimum absolute atomic E-state index is 0.00560. The molecule has 0 bridgehead atoms. The maximum Gasteiger partial charge on any atom is 0.279 e. The molecule has 0 fully saturated rings. The highest BCUT2D eigenvalue weighted by Gasteiger charge is 2.29. The summed E-state index contributed by atoms with van der Waals surface area (Å²) in [6, 6.07) is 8.15. The molecular formula is C17H21N5O. The predicted octanol–water partition coefficient (Wildman–Crippen LogP) is 1.15. The number of para-hydroxylation sites is 1. The van der Waals surface area contributed by atoms with Crippen LogP contribution in [0.1, 0.15) is 27.3 Å². The van der Waals surface area contributed by atoms with Crippen LogP contribution >= 0.6 is 0 Å².